The Kier molecular flexibility index (Phi) is 6.32. The van der Waals surface area contributed by atoms with Gasteiger partial charge >= 0.3 is 0 Å². The molecule has 6 atom stereocenters. The predicted octanol–water partition coefficient (Wildman–Crippen LogP) is -1.26. The normalized spacial score (nSPS) is 25.5. The molecule has 3 aromatic heterocycles. The number of hydrogen-bond acceptors (Lipinski definition) is 10. The Hall–Kier alpha value is -3.62. The molecule has 0 bridgehead atoms. The highest BCUT2D eigenvalue weighted by Gasteiger charge is 2.45. The number of carbonyl (C=O) groups excluding carboxylic acids is 1. The van der Waals surface area contributed by atoms with Crippen molar-refractivity contribution in [2.45, 2.75) is 43.0 Å². The molecule has 0 saturated carbocycles. The highest BCUT2D eigenvalue weighted by Crippen LogP contribution is 2.25. The van der Waals surface area contributed by atoms with E-state index in [-0.39, 0.29) is 6.42 Å². The van der Waals surface area contributed by atoms with E-state index < -0.39 is 49.1 Å². The Labute approximate surface area is 198 Å². The lowest BCUT2D eigenvalue weighted by molar-refractivity contribution is -0.185. The van der Waals surface area contributed by atoms with Gasteiger partial charge in [0.1, 0.15) is 30.2 Å². The Balaban J connectivity index is 1.27. The number of para-hydroxylation sites is 1. The quantitative estimate of drug-likeness (QED) is 0.157. The van der Waals surface area contributed by atoms with Crippen LogP contribution in [0.3, 0.4) is 0 Å². The molecule has 0 aliphatic carbocycles. The predicted molar refractivity (Wildman–Crippen MR) is 125 cm³/mol. The molecule has 1 aromatic carbocycles. The van der Waals surface area contributed by atoms with Gasteiger partial charge in [-0.15, -0.1) is 0 Å². The Morgan fingerprint density at radius 3 is 2.83 bits per heavy atom. The second kappa shape index (κ2) is 9.56. The lowest BCUT2D eigenvalue weighted by Gasteiger charge is -2.43. The molecular weight excluding hydrogens is 456 g/mol. The van der Waals surface area contributed by atoms with Crippen LogP contribution in [0.5, 0.6) is 0 Å². The smallest absolute Gasteiger partial charge is 0.237 e. The van der Waals surface area contributed by atoms with Crippen molar-refractivity contribution in [1.29, 1.82) is 0 Å². The molecule has 1 amide bonds. The van der Waals surface area contributed by atoms with Crippen molar-refractivity contribution in [3.63, 3.8) is 0 Å². The van der Waals surface area contributed by atoms with E-state index in [4.69, 9.17) is 10.5 Å². The molecule has 1 unspecified atom stereocenters. The van der Waals surface area contributed by atoms with E-state index in [1.54, 1.807) is 6.20 Å². The number of fused-ring (bicyclic) bond motifs is 2. The van der Waals surface area contributed by atoms with Crippen molar-refractivity contribution in [3.05, 3.63) is 48.7 Å². The van der Waals surface area contributed by atoms with E-state index in [9.17, 15) is 20.1 Å². The summed E-state index contributed by atoms with van der Waals surface area (Å²) in [7, 11) is 0. The second-order valence-corrected chi connectivity index (χ2v) is 8.43. The topological polar surface area (TPSA) is 207 Å². The van der Waals surface area contributed by atoms with Crippen molar-refractivity contribution < 1.29 is 24.9 Å². The minimum Gasteiger partial charge on any atom is -0.394 e. The third kappa shape index (κ3) is 4.42. The Bertz CT molecular complexity index is 1320. The fourth-order valence-electron chi connectivity index (χ4n) is 4.33. The zero-order chi connectivity index (χ0) is 24.5. The van der Waals surface area contributed by atoms with Gasteiger partial charge in [0.15, 0.2) is 17.7 Å². The number of imidazole rings is 1. The monoisotopic (exact) mass is 482 g/mol. The molecule has 184 valence electrons. The maximum absolute atomic E-state index is 12.9. The number of carbonyl (C=O) groups is 1. The zero-order valence-corrected chi connectivity index (χ0v) is 18.5. The largest absolute Gasteiger partial charge is 0.394 e. The van der Waals surface area contributed by atoms with Gasteiger partial charge in [-0.2, -0.15) is 0 Å². The number of amides is 1. The Morgan fingerprint density at radius 1 is 1.17 bits per heavy atom. The van der Waals surface area contributed by atoms with Crippen LogP contribution in [0.1, 0.15) is 5.56 Å². The lowest BCUT2D eigenvalue weighted by atomic mass is 9.94. The summed E-state index contributed by atoms with van der Waals surface area (Å²) in [4.78, 5) is 31.1. The molecule has 1 saturated heterocycles. The summed E-state index contributed by atoms with van der Waals surface area (Å²) in [6.45, 7) is -0.520. The number of benzene rings is 1. The number of rotatable bonds is 7. The first-order chi connectivity index (χ1) is 17.0. The average Bonchev–Trinajstić information content (AvgIpc) is 3.51. The molecule has 13 heteroatoms. The maximum atomic E-state index is 12.9. The van der Waals surface area contributed by atoms with E-state index >= 15 is 0 Å². The third-order valence-electron chi connectivity index (χ3n) is 6.19. The summed E-state index contributed by atoms with van der Waals surface area (Å²) in [5.74, 6) is -0.251. The van der Waals surface area contributed by atoms with Gasteiger partial charge in [0.2, 0.25) is 5.91 Å². The van der Waals surface area contributed by atoms with Gasteiger partial charge in [0, 0.05) is 17.1 Å². The fourth-order valence-corrected chi connectivity index (χ4v) is 4.33. The molecule has 0 radical (unpaired) electrons. The molecule has 35 heavy (non-hydrogen) atoms. The first-order valence-electron chi connectivity index (χ1n) is 11.1. The van der Waals surface area contributed by atoms with Crippen LogP contribution < -0.4 is 16.4 Å². The molecule has 1 aliphatic rings. The van der Waals surface area contributed by atoms with E-state index in [1.165, 1.54) is 12.7 Å². The summed E-state index contributed by atoms with van der Waals surface area (Å²) >= 11 is 0. The number of aromatic amines is 2. The summed E-state index contributed by atoms with van der Waals surface area (Å²) in [6.07, 6.45) is -0.271. The van der Waals surface area contributed by atoms with Crippen molar-refractivity contribution in [1.82, 2.24) is 30.2 Å². The summed E-state index contributed by atoms with van der Waals surface area (Å²) in [5.41, 5.74) is 8.84. The zero-order valence-electron chi connectivity index (χ0n) is 18.5. The van der Waals surface area contributed by atoms with E-state index in [1.807, 2.05) is 24.3 Å². The molecule has 4 heterocycles. The highest BCUT2D eigenvalue weighted by atomic mass is 16.5. The van der Waals surface area contributed by atoms with Crippen LogP contribution >= 0.6 is 0 Å². The van der Waals surface area contributed by atoms with Gasteiger partial charge in [-0.3, -0.25) is 4.79 Å². The highest BCUT2D eigenvalue weighted by molar-refractivity contribution is 5.86. The minimum atomic E-state index is -1.46. The number of anilines is 1. The number of H-pyrrole nitrogens is 2. The van der Waals surface area contributed by atoms with Crippen LogP contribution in [0.2, 0.25) is 0 Å². The van der Waals surface area contributed by atoms with Crippen molar-refractivity contribution in [2.75, 3.05) is 11.9 Å². The summed E-state index contributed by atoms with van der Waals surface area (Å²) in [5, 5.41) is 37.9. The van der Waals surface area contributed by atoms with Gasteiger partial charge in [0.25, 0.3) is 0 Å². The average molecular weight is 483 g/mol. The first kappa shape index (κ1) is 23.1. The number of aliphatic hydroxyl groups excluding tert-OH is 3. The van der Waals surface area contributed by atoms with E-state index in [0.29, 0.717) is 17.0 Å². The molecule has 5 rings (SSSR count). The number of hydrogen-bond donors (Lipinski definition) is 8. The van der Waals surface area contributed by atoms with Gasteiger partial charge in [-0.1, -0.05) is 18.2 Å². The molecule has 9 N–H and O–H groups in total. The summed E-state index contributed by atoms with van der Waals surface area (Å²) in [6, 6.07) is 5.65. The fraction of sp³-hybridized carbons (Fsp3) is 0.364. The molecule has 1 aliphatic heterocycles. The van der Waals surface area contributed by atoms with Gasteiger partial charge in [0.05, 0.1) is 25.0 Å². The Morgan fingerprint density at radius 2 is 2.00 bits per heavy atom. The second-order valence-electron chi connectivity index (χ2n) is 8.43. The van der Waals surface area contributed by atoms with Crippen LogP contribution in [0.15, 0.2) is 43.1 Å². The lowest BCUT2D eigenvalue weighted by Crippen LogP contribution is -2.67. The summed E-state index contributed by atoms with van der Waals surface area (Å²) < 4.78 is 5.78. The van der Waals surface area contributed by atoms with Crippen LogP contribution in [-0.4, -0.2) is 89.4 Å². The molecule has 4 aromatic rings. The number of nitrogens with two attached hydrogens (primary N) is 1. The number of nitrogens with zero attached hydrogens (tertiary/aromatic N) is 3. The van der Waals surface area contributed by atoms with E-state index in [2.05, 4.69) is 35.6 Å². The maximum Gasteiger partial charge on any atom is 0.237 e. The van der Waals surface area contributed by atoms with Crippen molar-refractivity contribution in [2.24, 2.45) is 5.73 Å². The minimum absolute atomic E-state index is 0.254. The SMILES string of the molecule is N[C@@H](Cc1c[nH]c2ccccc12)C(=O)NC1[C@H](CO)O[C@H](Nc2ncnc3nc[nH]c23)[C@@H](O)[C@@H]1O. The first-order valence-corrected chi connectivity index (χ1v) is 11.1. The van der Waals surface area contributed by atoms with Gasteiger partial charge in [-0.05, 0) is 18.1 Å². The van der Waals surface area contributed by atoms with E-state index in [0.717, 1.165) is 16.5 Å². The number of ether oxygens (including phenoxy) is 1. The van der Waals surface area contributed by atoms with Crippen LogP contribution in [0.4, 0.5) is 5.82 Å². The van der Waals surface area contributed by atoms with Crippen LogP contribution in [0, 0.1) is 0 Å². The van der Waals surface area contributed by atoms with Crippen molar-refractivity contribution in [3.8, 4) is 0 Å². The van der Waals surface area contributed by atoms with Crippen LogP contribution in [0.25, 0.3) is 22.1 Å². The molecule has 0 spiro atoms. The van der Waals surface area contributed by atoms with Crippen molar-refractivity contribution >= 4 is 33.8 Å². The molecular formula is C22H26N8O5. The molecule has 13 nitrogen and oxygen atoms in total. The molecule has 1 fully saturated rings. The third-order valence-corrected chi connectivity index (χ3v) is 6.19. The van der Waals surface area contributed by atoms with Gasteiger partial charge < -0.3 is 46.4 Å². The van der Waals surface area contributed by atoms with Crippen LogP contribution in [-0.2, 0) is 16.0 Å². The van der Waals surface area contributed by atoms with Gasteiger partial charge in [-0.25, -0.2) is 15.0 Å². The number of aliphatic hydroxyl groups is 3. The number of nitrogens with one attached hydrogen (secondary N) is 4. The number of aromatic nitrogens is 5. The standard InChI is InChI=1S/C22H26N8O5/c23-12(5-10-6-24-13-4-2-1-3-11(10)13)21(34)29-15-14(7-31)35-22(18(33)17(15)32)30-20-16-19(26-8-25-16)27-9-28-20/h1-4,6,8-9,12,14-15,17-18,22,24,31-33H,5,7,23H2,(H,29,34)(H2,25,26,27,28,30)/t12-,14-,15?,17+,18-,22-/m0/s1.